The molecule has 0 saturated heterocycles. The van der Waals surface area contributed by atoms with Gasteiger partial charge in [-0.15, -0.1) is 0 Å². The summed E-state index contributed by atoms with van der Waals surface area (Å²) in [5.41, 5.74) is 1.70. The largest absolute Gasteiger partial charge is 0.281 e. The van der Waals surface area contributed by atoms with Crippen LogP contribution in [0, 0.1) is 5.92 Å². The minimum Gasteiger partial charge on any atom is -0.281 e. The zero-order valence-corrected chi connectivity index (χ0v) is 9.52. The molecule has 1 aromatic carbocycles. The van der Waals surface area contributed by atoms with Crippen molar-refractivity contribution in [3.8, 4) is 0 Å². The number of hydrogen-bond acceptors (Lipinski definition) is 2. The average molecular weight is 219 g/mol. The summed E-state index contributed by atoms with van der Waals surface area (Å²) in [6.45, 7) is 2.11. The quantitative estimate of drug-likeness (QED) is 0.794. The summed E-state index contributed by atoms with van der Waals surface area (Å²) in [4.78, 5) is 11.9. The Morgan fingerprint density at radius 2 is 2.19 bits per heavy atom. The number of carbonyl (C=O) groups is 1. The van der Waals surface area contributed by atoms with Crippen LogP contribution in [-0.2, 0) is 11.2 Å². The van der Waals surface area contributed by atoms with E-state index in [0.717, 1.165) is 36.3 Å². The molecule has 1 heterocycles. The van der Waals surface area contributed by atoms with E-state index in [1.54, 1.807) is 6.07 Å². The van der Waals surface area contributed by atoms with E-state index in [2.05, 4.69) is 6.92 Å². The van der Waals surface area contributed by atoms with Gasteiger partial charge in [-0.2, -0.15) is 5.06 Å². The molecular weight excluding hydrogens is 202 g/mol. The molecule has 16 heavy (non-hydrogen) atoms. The minimum atomic E-state index is -0.160. The lowest BCUT2D eigenvalue weighted by Gasteiger charge is -2.29. The second-order valence-corrected chi connectivity index (χ2v) is 4.32. The Hall–Kier alpha value is -1.35. The fourth-order valence-electron chi connectivity index (χ4n) is 2.21. The van der Waals surface area contributed by atoms with E-state index in [9.17, 15) is 10.0 Å². The third kappa shape index (κ3) is 1.95. The Labute approximate surface area is 95.6 Å². The van der Waals surface area contributed by atoms with Crippen LogP contribution in [0.5, 0.6) is 0 Å². The third-order valence-corrected chi connectivity index (χ3v) is 3.15. The highest BCUT2D eigenvalue weighted by Crippen LogP contribution is 2.31. The van der Waals surface area contributed by atoms with Crippen LogP contribution in [0.15, 0.2) is 24.3 Å². The van der Waals surface area contributed by atoms with Gasteiger partial charge >= 0.3 is 0 Å². The number of hydrogen-bond donors (Lipinski definition) is 1. The predicted molar refractivity (Wildman–Crippen MR) is 62.4 cm³/mol. The summed E-state index contributed by atoms with van der Waals surface area (Å²) in [5.74, 6) is -0.216. The topological polar surface area (TPSA) is 40.5 Å². The molecule has 0 spiro atoms. The highest BCUT2D eigenvalue weighted by Gasteiger charge is 2.31. The van der Waals surface area contributed by atoms with Gasteiger partial charge in [0.15, 0.2) is 0 Å². The monoisotopic (exact) mass is 219 g/mol. The van der Waals surface area contributed by atoms with Gasteiger partial charge in [-0.05, 0) is 24.5 Å². The summed E-state index contributed by atoms with van der Waals surface area (Å²) < 4.78 is 0. The molecule has 3 nitrogen and oxygen atoms in total. The van der Waals surface area contributed by atoms with E-state index in [1.807, 2.05) is 18.2 Å². The van der Waals surface area contributed by atoms with Crippen LogP contribution in [0.3, 0.4) is 0 Å². The van der Waals surface area contributed by atoms with Crippen LogP contribution in [-0.4, -0.2) is 11.1 Å². The summed E-state index contributed by atoms with van der Waals surface area (Å²) >= 11 is 0. The van der Waals surface area contributed by atoms with Crippen molar-refractivity contribution in [1.29, 1.82) is 0 Å². The highest BCUT2D eigenvalue weighted by molar-refractivity contribution is 5.95. The summed E-state index contributed by atoms with van der Waals surface area (Å²) in [7, 11) is 0. The Balaban J connectivity index is 2.21. The molecule has 0 radical (unpaired) electrons. The number of benzene rings is 1. The Bertz CT molecular complexity index is 389. The van der Waals surface area contributed by atoms with Gasteiger partial charge in [-0.3, -0.25) is 10.0 Å². The summed E-state index contributed by atoms with van der Waals surface area (Å²) in [6, 6.07) is 7.54. The minimum absolute atomic E-state index is 0.0557. The smallest absolute Gasteiger partial charge is 0.254 e. The van der Waals surface area contributed by atoms with Crippen molar-refractivity contribution in [3.05, 3.63) is 29.8 Å². The second kappa shape index (κ2) is 4.66. The molecule has 86 valence electrons. The van der Waals surface area contributed by atoms with E-state index < -0.39 is 0 Å². The van der Waals surface area contributed by atoms with Crippen LogP contribution in [0.4, 0.5) is 5.69 Å². The molecule has 0 saturated carbocycles. The van der Waals surface area contributed by atoms with Gasteiger partial charge in [0.1, 0.15) is 0 Å². The van der Waals surface area contributed by atoms with Gasteiger partial charge in [0.2, 0.25) is 0 Å². The van der Waals surface area contributed by atoms with Crippen LogP contribution in [0.2, 0.25) is 0 Å². The van der Waals surface area contributed by atoms with Crippen LogP contribution in [0.25, 0.3) is 0 Å². The van der Waals surface area contributed by atoms with Crippen molar-refractivity contribution < 1.29 is 10.0 Å². The number of anilines is 1. The molecule has 1 N–H and O–H groups in total. The molecule has 3 heteroatoms. The number of nitrogens with zero attached hydrogens (tertiary/aromatic N) is 1. The zero-order chi connectivity index (χ0) is 11.5. The number of fused-ring (bicyclic) bond motifs is 1. The van der Waals surface area contributed by atoms with Crippen molar-refractivity contribution >= 4 is 11.6 Å². The van der Waals surface area contributed by atoms with Gasteiger partial charge in [0.05, 0.1) is 5.69 Å². The van der Waals surface area contributed by atoms with E-state index in [4.69, 9.17) is 0 Å². The molecule has 2 rings (SSSR count). The molecule has 0 bridgehead atoms. The normalized spacial score (nSPS) is 19.8. The molecule has 1 aromatic rings. The molecular formula is C13H17NO2. The fourth-order valence-corrected chi connectivity index (χ4v) is 2.21. The standard InChI is InChI=1S/C13H17NO2/c1-2-3-6-11-9-10-7-4-5-8-12(10)14(16)13(11)15/h4-5,7-8,11,16H,2-3,6,9H2,1H3/t11-/m1/s1. The lowest BCUT2D eigenvalue weighted by atomic mass is 9.89. The molecule has 0 fully saturated rings. The number of rotatable bonds is 3. The number of para-hydroxylation sites is 1. The first-order chi connectivity index (χ1) is 7.74. The maximum atomic E-state index is 11.9. The van der Waals surface area contributed by atoms with Gasteiger partial charge < -0.3 is 0 Å². The van der Waals surface area contributed by atoms with Crippen molar-refractivity contribution in [1.82, 2.24) is 0 Å². The van der Waals surface area contributed by atoms with E-state index >= 15 is 0 Å². The van der Waals surface area contributed by atoms with Gasteiger partial charge in [-0.25, -0.2) is 0 Å². The first kappa shape index (κ1) is 11.1. The number of hydroxylamine groups is 1. The van der Waals surface area contributed by atoms with Gasteiger partial charge in [0, 0.05) is 5.92 Å². The Morgan fingerprint density at radius 1 is 1.44 bits per heavy atom. The molecule has 0 aliphatic carbocycles. The SMILES string of the molecule is CCCC[C@@H]1Cc2ccccc2N(O)C1=O. The zero-order valence-electron chi connectivity index (χ0n) is 9.52. The maximum Gasteiger partial charge on any atom is 0.254 e. The Morgan fingerprint density at radius 3 is 2.94 bits per heavy atom. The molecule has 0 aromatic heterocycles. The molecule has 1 atom stereocenters. The van der Waals surface area contributed by atoms with Gasteiger partial charge in [0.25, 0.3) is 5.91 Å². The molecule has 1 amide bonds. The Kier molecular flexibility index (Phi) is 3.25. The second-order valence-electron chi connectivity index (χ2n) is 4.32. The molecule has 1 aliphatic rings. The number of carbonyl (C=O) groups excluding carboxylic acids is 1. The lowest BCUT2D eigenvalue weighted by molar-refractivity contribution is -0.128. The first-order valence-electron chi connectivity index (χ1n) is 5.84. The third-order valence-electron chi connectivity index (χ3n) is 3.15. The maximum absolute atomic E-state index is 11.9. The molecule has 0 unspecified atom stereocenters. The summed E-state index contributed by atoms with van der Waals surface area (Å²) in [6.07, 6.45) is 3.73. The summed E-state index contributed by atoms with van der Waals surface area (Å²) in [5, 5.41) is 10.6. The van der Waals surface area contributed by atoms with Crippen molar-refractivity contribution in [2.45, 2.75) is 32.6 Å². The van der Waals surface area contributed by atoms with Crippen molar-refractivity contribution in [3.63, 3.8) is 0 Å². The van der Waals surface area contributed by atoms with E-state index in [1.165, 1.54) is 0 Å². The lowest BCUT2D eigenvalue weighted by Crippen LogP contribution is -2.39. The van der Waals surface area contributed by atoms with Gasteiger partial charge in [-0.1, -0.05) is 38.0 Å². The number of unbranched alkanes of at least 4 members (excludes halogenated alkanes) is 1. The first-order valence-corrected chi connectivity index (χ1v) is 5.84. The van der Waals surface area contributed by atoms with Crippen molar-refractivity contribution in [2.24, 2.45) is 5.92 Å². The fraction of sp³-hybridized carbons (Fsp3) is 0.462. The predicted octanol–water partition coefficient (Wildman–Crippen LogP) is 2.77. The highest BCUT2D eigenvalue weighted by atomic mass is 16.5. The average Bonchev–Trinajstić information content (AvgIpc) is 2.32. The van der Waals surface area contributed by atoms with E-state index in [0.29, 0.717) is 5.69 Å². The van der Waals surface area contributed by atoms with Crippen LogP contribution < -0.4 is 5.06 Å². The molecule has 1 aliphatic heterocycles. The van der Waals surface area contributed by atoms with Crippen LogP contribution in [0.1, 0.15) is 31.7 Å². The van der Waals surface area contributed by atoms with E-state index in [-0.39, 0.29) is 11.8 Å². The van der Waals surface area contributed by atoms with Crippen LogP contribution >= 0.6 is 0 Å². The number of amides is 1. The van der Waals surface area contributed by atoms with Crippen molar-refractivity contribution in [2.75, 3.05) is 5.06 Å².